The van der Waals surface area contributed by atoms with Gasteiger partial charge >= 0.3 is 0 Å². The molecule has 1 aliphatic rings. The summed E-state index contributed by atoms with van der Waals surface area (Å²) < 4.78 is 0. The van der Waals surface area contributed by atoms with Crippen molar-refractivity contribution in [3.8, 4) is 0 Å². The number of anilines is 1. The van der Waals surface area contributed by atoms with Gasteiger partial charge in [0.2, 0.25) is 0 Å². The van der Waals surface area contributed by atoms with Crippen molar-refractivity contribution in [3.63, 3.8) is 0 Å². The summed E-state index contributed by atoms with van der Waals surface area (Å²) in [4.78, 5) is 6.52. The fourth-order valence-electron chi connectivity index (χ4n) is 2.83. The van der Waals surface area contributed by atoms with Gasteiger partial charge in [0.05, 0.1) is 0 Å². The summed E-state index contributed by atoms with van der Waals surface area (Å²) in [7, 11) is 2.19. The molecule has 19 heavy (non-hydrogen) atoms. The minimum atomic E-state index is 0.985. The zero-order valence-corrected chi connectivity index (χ0v) is 11.8. The summed E-state index contributed by atoms with van der Waals surface area (Å²) in [6, 6.07) is 8.70. The molecular weight excluding hydrogens is 232 g/mol. The number of nitrogens with zero attached hydrogens (tertiary/aromatic N) is 2. The highest BCUT2D eigenvalue weighted by atomic mass is 15.1. The lowest BCUT2D eigenvalue weighted by Gasteiger charge is -2.19. The Balaban J connectivity index is 1.62. The summed E-state index contributed by atoms with van der Waals surface area (Å²) in [6.07, 6.45) is 7.93. The van der Waals surface area contributed by atoms with Crippen molar-refractivity contribution in [1.82, 2.24) is 4.98 Å². The first-order valence-electron chi connectivity index (χ1n) is 7.29. The second-order valence-corrected chi connectivity index (χ2v) is 5.94. The van der Waals surface area contributed by atoms with Crippen molar-refractivity contribution in [2.75, 3.05) is 18.5 Å². The highest BCUT2D eigenvalue weighted by Crippen LogP contribution is 2.41. The van der Waals surface area contributed by atoms with Gasteiger partial charge in [-0.1, -0.05) is 13.0 Å². The van der Waals surface area contributed by atoms with E-state index in [4.69, 9.17) is 0 Å². The Bertz CT molecular complexity index is 564. The standard InChI is InChI=1S/C17H22N2/c1-13-10-14(13)4-3-9-19(2)17-6-5-16-12-18-8-7-15(16)11-17/h5-8,11-14H,3-4,9-10H2,1-2H3. The second-order valence-electron chi connectivity index (χ2n) is 5.94. The number of benzene rings is 1. The first kappa shape index (κ1) is 12.5. The third-order valence-electron chi connectivity index (χ3n) is 4.41. The number of rotatable bonds is 5. The van der Waals surface area contributed by atoms with Crippen LogP contribution in [0.1, 0.15) is 26.2 Å². The molecule has 2 aromatic rings. The maximum atomic E-state index is 4.16. The molecule has 100 valence electrons. The Morgan fingerprint density at radius 1 is 1.26 bits per heavy atom. The van der Waals surface area contributed by atoms with Crippen LogP contribution in [0.15, 0.2) is 36.7 Å². The average molecular weight is 254 g/mol. The molecule has 2 unspecified atom stereocenters. The summed E-state index contributed by atoms with van der Waals surface area (Å²) in [5.74, 6) is 1.99. The third kappa shape index (κ3) is 2.89. The van der Waals surface area contributed by atoms with Gasteiger partial charge in [-0.3, -0.25) is 4.98 Å². The predicted octanol–water partition coefficient (Wildman–Crippen LogP) is 4.11. The van der Waals surface area contributed by atoms with E-state index < -0.39 is 0 Å². The Morgan fingerprint density at radius 3 is 2.89 bits per heavy atom. The summed E-state index contributed by atoms with van der Waals surface area (Å²) >= 11 is 0. The largest absolute Gasteiger partial charge is 0.375 e. The van der Waals surface area contributed by atoms with E-state index in [0.717, 1.165) is 18.4 Å². The molecule has 2 atom stereocenters. The normalized spacial score (nSPS) is 21.6. The summed E-state index contributed by atoms with van der Waals surface area (Å²) in [5.41, 5.74) is 1.31. The molecule has 2 heteroatoms. The predicted molar refractivity (Wildman–Crippen MR) is 81.5 cm³/mol. The van der Waals surface area contributed by atoms with Crippen LogP contribution in [0.4, 0.5) is 5.69 Å². The van der Waals surface area contributed by atoms with E-state index in [1.54, 1.807) is 0 Å². The van der Waals surface area contributed by atoms with Crippen molar-refractivity contribution in [3.05, 3.63) is 36.7 Å². The van der Waals surface area contributed by atoms with Crippen LogP contribution >= 0.6 is 0 Å². The van der Waals surface area contributed by atoms with Crippen LogP contribution in [0.3, 0.4) is 0 Å². The molecule has 0 N–H and O–H groups in total. The number of pyridine rings is 1. The van der Waals surface area contributed by atoms with Crippen LogP contribution in [0.25, 0.3) is 10.8 Å². The zero-order chi connectivity index (χ0) is 13.2. The summed E-state index contributed by atoms with van der Waals surface area (Å²) in [5, 5.41) is 2.49. The van der Waals surface area contributed by atoms with Gasteiger partial charge in [0.25, 0.3) is 0 Å². The lowest BCUT2D eigenvalue weighted by molar-refractivity contribution is 0.626. The highest BCUT2D eigenvalue weighted by molar-refractivity contribution is 5.84. The van der Waals surface area contributed by atoms with E-state index in [-0.39, 0.29) is 0 Å². The fraction of sp³-hybridized carbons (Fsp3) is 0.471. The van der Waals surface area contributed by atoms with E-state index in [1.165, 1.54) is 35.7 Å². The molecule has 0 radical (unpaired) electrons. The average Bonchev–Trinajstić information content (AvgIpc) is 3.14. The monoisotopic (exact) mass is 254 g/mol. The fourth-order valence-corrected chi connectivity index (χ4v) is 2.83. The topological polar surface area (TPSA) is 16.1 Å². The third-order valence-corrected chi connectivity index (χ3v) is 4.41. The van der Waals surface area contributed by atoms with Gasteiger partial charge in [-0.2, -0.15) is 0 Å². The van der Waals surface area contributed by atoms with E-state index in [9.17, 15) is 0 Å². The van der Waals surface area contributed by atoms with E-state index in [0.29, 0.717) is 0 Å². The van der Waals surface area contributed by atoms with Crippen LogP contribution in [-0.2, 0) is 0 Å². The maximum Gasteiger partial charge on any atom is 0.0370 e. The van der Waals surface area contributed by atoms with Gasteiger partial charge < -0.3 is 4.90 Å². The van der Waals surface area contributed by atoms with Gasteiger partial charge in [-0.05, 0) is 54.7 Å². The van der Waals surface area contributed by atoms with E-state index in [2.05, 4.69) is 48.1 Å². The van der Waals surface area contributed by atoms with Gasteiger partial charge in [-0.25, -0.2) is 0 Å². The van der Waals surface area contributed by atoms with Crippen molar-refractivity contribution in [2.24, 2.45) is 11.8 Å². The van der Waals surface area contributed by atoms with E-state index in [1.807, 2.05) is 12.4 Å². The van der Waals surface area contributed by atoms with Crippen molar-refractivity contribution in [2.45, 2.75) is 26.2 Å². The Hall–Kier alpha value is -1.57. The SMILES string of the molecule is CC1CC1CCCN(C)c1ccc2cnccc2c1. The van der Waals surface area contributed by atoms with Gasteiger partial charge in [-0.15, -0.1) is 0 Å². The molecular formula is C17H22N2. The molecule has 1 fully saturated rings. The molecule has 0 bridgehead atoms. The van der Waals surface area contributed by atoms with Gasteiger partial charge in [0.1, 0.15) is 0 Å². The molecule has 1 heterocycles. The van der Waals surface area contributed by atoms with Gasteiger partial charge in [0, 0.05) is 37.1 Å². The highest BCUT2D eigenvalue weighted by Gasteiger charge is 2.31. The number of hydrogen-bond acceptors (Lipinski definition) is 2. The molecule has 1 aromatic carbocycles. The number of aromatic nitrogens is 1. The van der Waals surface area contributed by atoms with Crippen LogP contribution in [0.2, 0.25) is 0 Å². The summed E-state index contributed by atoms with van der Waals surface area (Å²) in [6.45, 7) is 3.52. The smallest absolute Gasteiger partial charge is 0.0370 e. The molecule has 0 aliphatic heterocycles. The molecule has 3 rings (SSSR count). The second kappa shape index (κ2) is 5.20. The number of hydrogen-bond donors (Lipinski definition) is 0. The molecule has 1 saturated carbocycles. The Morgan fingerprint density at radius 2 is 2.11 bits per heavy atom. The van der Waals surface area contributed by atoms with Crippen LogP contribution in [-0.4, -0.2) is 18.6 Å². The minimum absolute atomic E-state index is 0.985. The lowest BCUT2D eigenvalue weighted by atomic mass is 10.1. The molecule has 0 saturated heterocycles. The lowest BCUT2D eigenvalue weighted by Crippen LogP contribution is -2.18. The minimum Gasteiger partial charge on any atom is -0.375 e. The van der Waals surface area contributed by atoms with Crippen molar-refractivity contribution < 1.29 is 0 Å². The van der Waals surface area contributed by atoms with Crippen LogP contribution in [0, 0.1) is 11.8 Å². The quantitative estimate of drug-likeness (QED) is 0.798. The van der Waals surface area contributed by atoms with E-state index >= 15 is 0 Å². The van der Waals surface area contributed by atoms with Crippen LogP contribution in [0.5, 0.6) is 0 Å². The molecule has 1 aromatic heterocycles. The maximum absolute atomic E-state index is 4.16. The van der Waals surface area contributed by atoms with Crippen molar-refractivity contribution >= 4 is 16.5 Å². The van der Waals surface area contributed by atoms with Crippen molar-refractivity contribution in [1.29, 1.82) is 0 Å². The Labute approximate surface area is 115 Å². The number of fused-ring (bicyclic) bond motifs is 1. The Kier molecular flexibility index (Phi) is 3.41. The van der Waals surface area contributed by atoms with Crippen LogP contribution < -0.4 is 4.90 Å². The molecule has 2 nitrogen and oxygen atoms in total. The first-order chi connectivity index (χ1) is 9.24. The first-order valence-corrected chi connectivity index (χ1v) is 7.29. The molecule has 1 aliphatic carbocycles. The van der Waals surface area contributed by atoms with Gasteiger partial charge in [0.15, 0.2) is 0 Å². The molecule has 0 spiro atoms. The zero-order valence-electron chi connectivity index (χ0n) is 11.8. The molecule has 0 amide bonds.